The van der Waals surface area contributed by atoms with Gasteiger partial charge in [0.05, 0.1) is 0 Å². The molecule has 4 rings (SSSR count). The van der Waals surface area contributed by atoms with Gasteiger partial charge in [0.15, 0.2) is 0 Å². The number of fused-ring (bicyclic) bond motifs is 1. The van der Waals surface area contributed by atoms with E-state index in [2.05, 4.69) is 23.2 Å². The Balaban J connectivity index is 1.53. The summed E-state index contributed by atoms with van der Waals surface area (Å²) in [6.45, 7) is 1.46. The normalized spacial score (nSPS) is 13.7. The van der Waals surface area contributed by atoms with Crippen molar-refractivity contribution in [3.63, 3.8) is 0 Å². The molecule has 3 nitrogen and oxygen atoms in total. The predicted octanol–water partition coefficient (Wildman–Crippen LogP) is 3.88. The van der Waals surface area contributed by atoms with Crippen LogP contribution in [0.3, 0.4) is 0 Å². The van der Waals surface area contributed by atoms with E-state index in [1.165, 1.54) is 16.8 Å². The molecule has 3 aromatic rings. The predicted molar refractivity (Wildman–Crippen MR) is 91.1 cm³/mol. The number of hydrogen-bond donors (Lipinski definition) is 1. The van der Waals surface area contributed by atoms with Crippen molar-refractivity contribution in [2.75, 3.05) is 6.54 Å². The molecular weight excluding hydrogens is 284 g/mol. The Bertz CT molecular complexity index is 818. The molecule has 0 aliphatic carbocycles. The van der Waals surface area contributed by atoms with Gasteiger partial charge in [-0.25, -0.2) is 0 Å². The summed E-state index contributed by atoms with van der Waals surface area (Å²) >= 11 is 0. The van der Waals surface area contributed by atoms with Crippen molar-refractivity contribution in [3.05, 3.63) is 83.7 Å². The van der Waals surface area contributed by atoms with Gasteiger partial charge in [-0.05, 0) is 34.9 Å². The van der Waals surface area contributed by atoms with E-state index in [0.29, 0.717) is 6.54 Å². The summed E-state index contributed by atoms with van der Waals surface area (Å²) in [4.78, 5) is 17.9. The van der Waals surface area contributed by atoms with E-state index in [9.17, 15) is 4.79 Å². The van der Waals surface area contributed by atoms with Gasteiger partial charge in [-0.2, -0.15) is 0 Å². The summed E-state index contributed by atoms with van der Waals surface area (Å²) in [5.41, 5.74) is 5.54. The van der Waals surface area contributed by atoms with Gasteiger partial charge in [0.2, 0.25) is 0 Å². The average molecular weight is 302 g/mol. The van der Waals surface area contributed by atoms with Crippen LogP contribution in [-0.4, -0.2) is 22.3 Å². The molecule has 0 atom stereocenters. The summed E-state index contributed by atoms with van der Waals surface area (Å²) in [6, 6.07) is 20.2. The Morgan fingerprint density at radius 3 is 2.43 bits per heavy atom. The van der Waals surface area contributed by atoms with Crippen LogP contribution >= 0.6 is 0 Å². The maximum absolute atomic E-state index is 12.7. The van der Waals surface area contributed by atoms with Crippen LogP contribution in [0.2, 0.25) is 0 Å². The fourth-order valence-electron chi connectivity index (χ4n) is 3.14. The molecule has 0 saturated carbocycles. The van der Waals surface area contributed by atoms with E-state index in [-0.39, 0.29) is 5.91 Å². The molecular formula is C20H18N2O. The minimum absolute atomic E-state index is 0.108. The number of aromatic amines is 1. The molecule has 23 heavy (non-hydrogen) atoms. The van der Waals surface area contributed by atoms with Crippen molar-refractivity contribution >= 4 is 5.91 Å². The minimum atomic E-state index is 0.108. The van der Waals surface area contributed by atoms with Gasteiger partial charge in [0.25, 0.3) is 5.91 Å². The van der Waals surface area contributed by atoms with E-state index in [0.717, 1.165) is 24.1 Å². The van der Waals surface area contributed by atoms with E-state index < -0.39 is 0 Å². The molecule has 0 unspecified atom stereocenters. The Hall–Kier alpha value is -2.81. The van der Waals surface area contributed by atoms with Crippen LogP contribution in [0, 0.1) is 0 Å². The summed E-state index contributed by atoms with van der Waals surface area (Å²) < 4.78 is 0. The van der Waals surface area contributed by atoms with Gasteiger partial charge in [0.1, 0.15) is 0 Å². The van der Waals surface area contributed by atoms with E-state index in [1.54, 1.807) is 0 Å². The standard InChI is InChI=1S/C20H18N2O/c23-20(22-13-11-19-18(14-22)10-12-21-19)17-8-6-16(7-9-17)15-4-2-1-3-5-15/h1-10,12,21H,11,13-14H2. The van der Waals surface area contributed by atoms with Crippen molar-refractivity contribution in [2.24, 2.45) is 0 Å². The fraction of sp³-hybridized carbons (Fsp3) is 0.150. The van der Waals surface area contributed by atoms with Crippen molar-refractivity contribution in [3.8, 4) is 11.1 Å². The lowest BCUT2D eigenvalue weighted by molar-refractivity contribution is 0.0734. The highest BCUT2D eigenvalue weighted by Crippen LogP contribution is 2.22. The molecule has 114 valence electrons. The number of H-pyrrole nitrogens is 1. The van der Waals surface area contributed by atoms with E-state index >= 15 is 0 Å². The molecule has 1 aliphatic heterocycles. The van der Waals surface area contributed by atoms with Crippen LogP contribution < -0.4 is 0 Å². The quantitative estimate of drug-likeness (QED) is 0.766. The van der Waals surface area contributed by atoms with Gasteiger partial charge in [-0.1, -0.05) is 42.5 Å². The van der Waals surface area contributed by atoms with Crippen LogP contribution in [0.1, 0.15) is 21.6 Å². The molecule has 0 radical (unpaired) electrons. The van der Waals surface area contributed by atoms with Gasteiger partial charge < -0.3 is 9.88 Å². The number of aromatic nitrogens is 1. The molecule has 1 aromatic heterocycles. The zero-order valence-electron chi connectivity index (χ0n) is 12.8. The highest BCUT2D eigenvalue weighted by Gasteiger charge is 2.22. The molecule has 1 aliphatic rings. The van der Waals surface area contributed by atoms with Gasteiger partial charge in [0, 0.05) is 37.0 Å². The molecule has 1 amide bonds. The number of amides is 1. The Labute approximate surface area is 135 Å². The lowest BCUT2D eigenvalue weighted by Gasteiger charge is -2.27. The molecule has 0 bridgehead atoms. The van der Waals surface area contributed by atoms with Crippen molar-refractivity contribution in [2.45, 2.75) is 13.0 Å². The molecule has 0 spiro atoms. The Kier molecular flexibility index (Phi) is 3.46. The second kappa shape index (κ2) is 5.76. The first-order valence-electron chi connectivity index (χ1n) is 7.91. The number of hydrogen-bond acceptors (Lipinski definition) is 1. The Morgan fingerprint density at radius 1 is 0.913 bits per heavy atom. The third-order valence-corrected chi connectivity index (χ3v) is 4.45. The van der Waals surface area contributed by atoms with Crippen LogP contribution in [-0.2, 0) is 13.0 Å². The fourth-order valence-corrected chi connectivity index (χ4v) is 3.14. The number of carbonyl (C=O) groups is 1. The molecule has 0 fully saturated rings. The summed E-state index contributed by atoms with van der Waals surface area (Å²) in [5, 5.41) is 0. The number of carbonyl (C=O) groups excluding carboxylic acids is 1. The summed E-state index contributed by atoms with van der Waals surface area (Å²) in [6.07, 6.45) is 2.85. The van der Waals surface area contributed by atoms with Crippen LogP contribution in [0.4, 0.5) is 0 Å². The third-order valence-electron chi connectivity index (χ3n) is 4.45. The first-order valence-corrected chi connectivity index (χ1v) is 7.91. The zero-order valence-corrected chi connectivity index (χ0v) is 12.8. The molecule has 1 N–H and O–H groups in total. The maximum Gasteiger partial charge on any atom is 0.254 e. The van der Waals surface area contributed by atoms with Crippen molar-refractivity contribution in [1.82, 2.24) is 9.88 Å². The number of rotatable bonds is 2. The van der Waals surface area contributed by atoms with Crippen LogP contribution in [0.25, 0.3) is 11.1 Å². The summed E-state index contributed by atoms with van der Waals surface area (Å²) in [5.74, 6) is 0.108. The minimum Gasteiger partial charge on any atom is -0.365 e. The smallest absolute Gasteiger partial charge is 0.254 e. The van der Waals surface area contributed by atoms with Crippen LogP contribution in [0.5, 0.6) is 0 Å². The monoisotopic (exact) mass is 302 g/mol. The van der Waals surface area contributed by atoms with Crippen LogP contribution in [0.15, 0.2) is 66.9 Å². The van der Waals surface area contributed by atoms with Crippen molar-refractivity contribution in [1.29, 1.82) is 0 Å². The number of nitrogens with zero attached hydrogens (tertiary/aromatic N) is 1. The second-order valence-electron chi connectivity index (χ2n) is 5.90. The van der Waals surface area contributed by atoms with E-state index in [1.807, 2.05) is 53.6 Å². The second-order valence-corrected chi connectivity index (χ2v) is 5.90. The van der Waals surface area contributed by atoms with Gasteiger partial charge in [-0.15, -0.1) is 0 Å². The van der Waals surface area contributed by atoms with Gasteiger partial charge in [-0.3, -0.25) is 4.79 Å². The first kappa shape index (κ1) is 13.8. The Morgan fingerprint density at radius 2 is 1.65 bits per heavy atom. The highest BCUT2D eigenvalue weighted by molar-refractivity contribution is 5.94. The molecule has 2 heterocycles. The topological polar surface area (TPSA) is 36.1 Å². The number of benzene rings is 2. The zero-order chi connectivity index (χ0) is 15.6. The average Bonchev–Trinajstić information content (AvgIpc) is 3.10. The molecule has 0 saturated heterocycles. The largest absolute Gasteiger partial charge is 0.365 e. The third kappa shape index (κ3) is 2.66. The first-order chi connectivity index (χ1) is 11.3. The lowest BCUT2D eigenvalue weighted by atomic mass is 10.0. The lowest BCUT2D eigenvalue weighted by Crippen LogP contribution is -2.35. The SMILES string of the molecule is O=C(c1ccc(-c2ccccc2)cc1)N1CCc2[nH]ccc2C1. The summed E-state index contributed by atoms with van der Waals surface area (Å²) in [7, 11) is 0. The molecule has 2 aromatic carbocycles. The van der Waals surface area contributed by atoms with Crippen molar-refractivity contribution < 1.29 is 4.79 Å². The van der Waals surface area contributed by atoms with E-state index in [4.69, 9.17) is 0 Å². The highest BCUT2D eigenvalue weighted by atomic mass is 16.2. The maximum atomic E-state index is 12.7. The number of nitrogens with one attached hydrogen (secondary N) is 1. The molecule has 3 heteroatoms. The van der Waals surface area contributed by atoms with Gasteiger partial charge >= 0.3 is 0 Å².